The van der Waals surface area contributed by atoms with Crippen LogP contribution in [0.25, 0.3) is 0 Å². The number of nitrogens with one attached hydrogen (secondary N) is 1. The molecule has 0 aliphatic rings. The minimum atomic E-state index is 1.26. The summed E-state index contributed by atoms with van der Waals surface area (Å²) in [7, 11) is 1.65. The van der Waals surface area contributed by atoms with Crippen molar-refractivity contribution in [2.45, 2.75) is 0 Å². The number of aliphatic imine (C=N–C) groups is 1. The zero-order valence-corrected chi connectivity index (χ0v) is 4.22. The van der Waals surface area contributed by atoms with E-state index in [2.05, 4.69) is 21.9 Å². The van der Waals surface area contributed by atoms with Crippen LogP contribution in [0.4, 0.5) is 0 Å². The van der Waals surface area contributed by atoms with E-state index in [4.69, 9.17) is 0 Å². The molecule has 0 rings (SSSR count). The Morgan fingerprint density at radius 3 is 3.00 bits per heavy atom. The first-order valence-electron chi connectivity index (χ1n) is 1.86. The van der Waals surface area contributed by atoms with Gasteiger partial charge in [-0.05, 0) is 0 Å². The molecule has 0 aromatic rings. The molecule has 0 bridgehead atoms. The van der Waals surface area contributed by atoms with E-state index in [9.17, 15) is 0 Å². The van der Waals surface area contributed by atoms with Gasteiger partial charge in [0, 0.05) is 13.2 Å². The second kappa shape index (κ2) is 5.17. The summed E-state index contributed by atoms with van der Waals surface area (Å²) in [5, 5.41) is 0. The molecule has 3 heteroatoms. The largest absolute Gasteiger partial charge is 0.397 e. The highest BCUT2D eigenvalue weighted by Gasteiger charge is 1.60. The van der Waals surface area contributed by atoms with Crippen LogP contribution < -0.4 is 5.48 Å². The Balaban J connectivity index is 2.92. The van der Waals surface area contributed by atoms with Crippen molar-refractivity contribution in [3.8, 4) is 0 Å². The Kier molecular flexibility index (Phi) is 4.56. The van der Waals surface area contributed by atoms with Crippen LogP contribution in [0.3, 0.4) is 0 Å². The van der Waals surface area contributed by atoms with Crippen molar-refractivity contribution in [3.05, 3.63) is 12.8 Å². The maximum Gasteiger partial charge on any atom is 0.200 e. The second-order valence-corrected chi connectivity index (χ2v) is 0.759. The molecule has 0 aromatic carbocycles. The van der Waals surface area contributed by atoms with Crippen LogP contribution in [0.5, 0.6) is 0 Å². The van der Waals surface area contributed by atoms with E-state index in [0.29, 0.717) is 0 Å². The minimum Gasteiger partial charge on any atom is -0.397 e. The predicted octanol–water partition coefficient (Wildman–Crippen LogP) is 0.309. The third-order valence-electron chi connectivity index (χ3n) is 0.337. The van der Waals surface area contributed by atoms with Gasteiger partial charge in [-0.2, -0.15) is 5.48 Å². The van der Waals surface area contributed by atoms with Crippen molar-refractivity contribution in [1.82, 2.24) is 5.48 Å². The van der Waals surface area contributed by atoms with Crippen LogP contribution in [0.1, 0.15) is 0 Å². The van der Waals surface area contributed by atoms with E-state index in [1.807, 2.05) is 0 Å². The molecule has 0 aliphatic heterocycles. The number of hydrogen-bond donors (Lipinski definition) is 1. The van der Waals surface area contributed by atoms with E-state index in [1.165, 1.54) is 12.6 Å². The Hall–Kier alpha value is -0.830. The summed E-state index contributed by atoms with van der Waals surface area (Å²) in [5.74, 6) is 0. The molecule has 40 valence electrons. The molecule has 3 nitrogen and oxygen atoms in total. The van der Waals surface area contributed by atoms with Crippen LogP contribution >= 0.6 is 0 Å². The standard InChI is InChI=1S/C4H8N2O/c1-3-6-4-7-5-2/h3-5H,1H2,2H3. The molecule has 0 aliphatic carbocycles. The average Bonchev–Trinajstić information content (AvgIpc) is 1.69. The van der Waals surface area contributed by atoms with Crippen molar-refractivity contribution in [3.63, 3.8) is 0 Å². The highest BCUT2D eigenvalue weighted by molar-refractivity contribution is 5.46. The maximum absolute atomic E-state index is 4.46. The highest BCUT2D eigenvalue weighted by Crippen LogP contribution is 1.61. The maximum atomic E-state index is 4.46. The zero-order valence-electron chi connectivity index (χ0n) is 4.22. The molecule has 0 aromatic heterocycles. The lowest BCUT2D eigenvalue weighted by atomic mass is 11.1. The Labute approximate surface area is 42.7 Å². The molecule has 0 saturated carbocycles. The molecule has 0 radical (unpaired) electrons. The lowest BCUT2D eigenvalue weighted by Gasteiger charge is -1.87. The van der Waals surface area contributed by atoms with Crippen LogP contribution in [0.15, 0.2) is 17.8 Å². The molecular formula is C4H8N2O. The van der Waals surface area contributed by atoms with Crippen molar-refractivity contribution in [2.24, 2.45) is 4.99 Å². The molecule has 1 N–H and O–H groups in total. The van der Waals surface area contributed by atoms with Gasteiger partial charge in [0.15, 0.2) is 0 Å². The first kappa shape index (κ1) is 6.17. The number of nitrogens with zero attached hydrogens (tertiary/aromatic N) is 1. The molecule has 0 fully saturated rings. The third-order valence-corrected chi connectivity index (χ3v) is 0.337. The number of rotatable bonds is 3. The van der Waals surface area contributed by atoms with Gasteiger partial charge in [0.1, 0.15) is 0 Å². The minimum absolute atomic E-state index is 1.26. The quantitative estimate of drug-likeness (QED) is 0.314. The summed E-state index contributed by atoms with van der Waals surface area (Å²) in [6, 6.07) is 0. The highest BCUT2D eigenvalue weighted by atomic mass is 16.6. The SMILES string of the molecule is C=CN=CONC. The third kappa shape index (κ3) is 5.17. The molecule has 7 heavy (non-hydrogen) atoms. The van der Waals surface area contributed by atoms with Gasteiger partial charge in [-0.25, -0.2) is 4.99 Å². The molecule has 0 unspecified atom stereocenters. The first-order valence-corrected chi connectivity index (χ1v) is 1.86. The Morgan fingerprint density at radius 2 is 2.57 bits per heavy atom. The Bertz CT molecular complexity index is 70.1. The monoisotopic (exact) mass is 100 g/mol. The number of hydroxylamine groups is 1. The van der Waals surface area contributed by atoms with E-state index in [-0.39, 0.29) is 0 Å². The molecule has 0 spiro atoms. The smallest absolute Gasteiger partial charge is 0.200 e. The molecule has 0 heterocycles. The lowest BCUT2D eigenvalue weighted by molar-refractivity contribution is 0.222. The fourth-order valence-corrected chi connectivity index (χ4v) is 0.126. The van der Waals surface area contributed by atoms with Gasteiger partial charge >= 0.3 is 0 Å². The fraction of sp³-hybridized carbons (Fsp3) is 0.250. The van der Waals surface area contributed by atoms with E-state index in [1.54, 1.807) is 7.05 Å². The van der Waals surface area contributed by atoms with Crippen molar-refractivity contribution < 1.29 is 4.84 Å². The van der Waals surface area contributed by atoms with Gasteiger partial charge in [-0.1, -0.05) is 6.58 Å². The van der Waals surface area contributed by atoms with Crippen LogP contribution in [-0.2, 0) is 4.84 Å². The molecule has 0 amide bonds. The average molecular weight is 100 g/mol. The first-order chi connectivity index (χ1) is 3.41. The van der Waals surface area contributed by atoms with Crippen LogP contribution in [-0.4, -0.2) is 13.4 Å². The fourth-order valence-electron chi connectivity index (χ4n) is 0.126. The number of hydrogen-bond acceptors (Lipinski definition) is 3. The van der Waals surface area contributed by atoms with Gasteiger partial charge in [-0.3, -0.25) is 0 Å². The van der Waals surface area contributed by atoms with Gasteiger partial charge < -0.3 is 4.84 Å². The predicted molar refractivity (Wildman–Crippen MR) is 28.8 cm³/mol. The van der Waals surface area contributed by atoms with Crippen molar-refractivity contribution in [1.29, 1.82) is 0 Å². The summed E-state index contributed by atoms with van der Waals surface area (Å²) < 4.78 is 0. The van der Waals surface area contributed by atoms with Gasteiger partial charge in [0.25, 0.3) is 0 Å². The van der Waals surface area contributed by atoms with E-state index < -0.39 is 0 Å². The molecule has 0 saturated heterocycles. The van der Waals surface area contributed by atoms with Gasteiger partial charge in [-0.15, -0.1) is 0 Å². The van der Waals surface area contributed by atoms with Crippen molar-refractivity contribution in [2.75, 3.05) is 7.05 Å². The summed E-state index contributed by atoms with van der Waals surface area (Å²) in [6.07, 6.45) is 2.64. The summed E-state index contributed by atoms with van der Waals surface area (Å²) >= 11 is 0. The molecule has 0 atom stereocenters. The topological polar surface area (TPSA) is 33.6 Å². The lowest BCUT2D eigenvalue weighted by Crippen LogP contribution is -2.03. The van der Waals surface area contributed by atoms with Crippen molar-refractivity contribution >= 4 is 6.40 Å². The Morgan fingerprint density at radius 1 is 1.86 bits per heavy atom. The summed E-state index contributed by atoms with van der Waals surface area (Å²) in [4.78, 5) is 7.98. The van der Waals surface area contributed by atoms with E-state index in [0.717, 1.165) is 0 Å². The molecular weight excluding hydrogens is 92.1 g/mol. The van der Waals surface area contributed by atoms with Crippen LogP contribution in [0.2, 0.25) is 0 Å². The summed E-state index contributed by atoms with van der Waals surface area (Å²) in [5.41, 5.74) is 2.41. The second-order valence-electron chi connectivity index (χ2n) is 0.759. The normalized spacial score (nSPS) is 9.29. The van der Waals surface area contributed by atoms with Crippen LogP contribution in [0, 0.1) is 0 Å². The van der Waals surface area contributed by atoms with E-state index >= 15 is 0 Å². The zero-order chi connectivity index (χ0) is 5.54. The van der Waals surface area contributed by atoms with Gasteiger partial charge in [0.2, 0.25) is 6.40 Å². The van der Waals surface area contributed by atoms with Gasteiger partial charge in [0.05, 0.1) is 0 Å². The summed E-state index contributed by atoms with van der Waals surface area (Å²) in [6.45, 7) is 3.33.